The number of nitrogens with two attached hydrogens (primary N) is 1. The third-order valence-electron chi connectivity index (χ3n) is 7.45. The highest BCUT2D eigenvalue weighted by molar-refractivity contribution is 6.34. The highest BCUT2D eigenvalue weighted by Gasteiger charge is 2.38. The van der Waals surface area contributed by atoms with E-state index in [9.17, 15) is 27.6 Å². The number of carbonyl (C=O) groups excluding carboxylic acids is 3. The summed E-state index contributed by atoms with van der Waals surface area (Å²) in [5.41, 5.74) is 4.98. The Bertz CT molecular complexity index is 1850. The number of carbonyl (C=O) groups is 3. The standard InChI is InChI=1S/C29H29ClF3N11O4/c30-21-14-18(2-3-19(21)27(47)41-10-12-42(13-11-41)28(48-17-45)26(46)37-6-1-4-34)39-24-25-38-15-22(44(25)9-7-36-24)20-16-43(8-5-35)40-23(20)29(31,32)33/h2-3,7,9,14-17,28H,1,4,6,8,10-13,34H2,(H,36,39)(H,37,46). The van der Waals surface area contributed by atoms with Crippen LogP contribution in [0.5, 0.6) is 0 Å². The van der Waals surface area contributed by atoms with Crippen molar-refractivity contribution in [1.82, 2.24) is 39.3 Å². The molecule has 0 aliphatic carbocycles. The van der Waals surface area contributed by atoms with Gasteiger partial charge in [-0.2, -0.15) is 23.5 Å². The van der Waals surface area contributed by atoms with Gasteiger partial charge in [-0.05, 0) is 31.2 Å². The number of anilines is 2. The van der Waals surface area contributed by atoms with Crippen LogP contribution < -0.4 is 16.4 Å². The Morgan fingerprint density at radius 1 is 1.21 bits per heavy atom. The molecule has 0 saturated carbocycles. The van der Waals surface area contributed by atoms with Crippen LogP contribution in [-0.4, -0.2) is 97.7 Å². The maximum absolute atomic E-state index is 13.8. The van der Waals surface area contributed by atoms with Gasteiger partial charge in [-0.15, -0.1) is 0 Å². The fourth-order valence-electron chi connectivity index (χ4n) is 5.18. The number of amides is 2. The second-order valence-corrected chi connectivity index (χ2v) is 10.9. The first-order chi connectivity index (χ1) is 23.0. The van der Waals surface area contributed by atoms with Crippen molar-refractivity contribution in [2.75, 3.05) is 44.6 Å². The van der Waals surface area contributed by atoms with Crippen LogP contribution in [0.3, 0.4) is 0 Å². The SMILES string of the molecule is N#CCn1cc(-c2cnc3c(Nc4ccc(C(=O)N5CCN(C(OC=O)C(=O)NCCCN)CC5)c(Cl)c4)nccn23)c(C(F)(F)F)n1. The van der Waals surface area contributed by atoms with Crippen molar-refractivity contribution in [2.45, 2.75) is 25.4 Å². The van der Waals surface area contributed by atoms with Crippen molar-refractivity contribution in [2.24, 2.45) is 5.73 Å². The van der Waals surface area contributed by atoms with E-state index in [0.29, 0.717) is 25.2 Å². The summed E-state index contributed by atoms with van der Waals surface area (Å²) in [5.74, 6) is -0.620. The van der Waals surface area contributed by atoms with Crippen molar-refractivity contribution < 1.29 is 32.3 Å². The first-order valence-electron chi connectivity index (χ1n) is 14.6. The zero-order chi connectivity index (χ0) is 34.4. The molecule has 252 valence electrons. The quantitative estimate of drug-likeness (QED) is 0.146. The minimum absolute atomic E-state index is 0.0855. The molecule has 4 N–H and O–H groups in total. The number of nitrogens with one attached hydrogen (secondary N) is 2. The highest BCUT2D eigenvalue weighted by Crippen LogP contribution is 2.37. The van der Waals surface area contributed by atoms with Crippen LogP contribution in [0.2, 0.25) is 5.02 Å². The molecule has 0 bridgehead atoms. The van der Waals surface area contributed by atoms with E-state index in [0.717, 1.165) is 10.9 Å². The Morgan fingerprint density at radius 3 is 2.65 bits per heavy atom. The molecule has 48 heavy (non-hydrogen) atoms. The molecule has 0 radical (unpaired) electrons. The summed E-state index contributed by atoms with van der Waals surface area (Å²) in [4.78, 5) is 48.7. The third kappa shape index (κ3) is 7.33. The first kappa shape index (κ1) is 34.1. The number of imidazole rings is 1. The lowest BCUT2D eigenvalue weighted by molar-refractivity contribution is -0.159. The number of piperazine rings is 1. The maximum Gasteiger partial charge on any atom is 0.435 e. The number of nitrogens with zero attached hydrogens (tertiary/aromatic N) is 8. The fraction of sp³-hybridized carbons (Fsp3) is 0.345. The van der Waals surface area contributed by atoms with Gasteiger partial charge < -0.3 is 26.0 Å². The van der Waals surface area contributed by atoms with Crippen molar-refractivity contribution in [3.8, 4) is 17.3 Å². The molecule has 1 aromatic carbocycles. The van der Waals surface area contributed by atoms with Gasteiger partial charge in [0.25, 0.3) is 18.3 Å². The molecule has 1 atom stereocenters. The number of fused-ring (bicyclic) bond motifs is 1. The van der Waals surface area contributed by atoms with Gasteiger partial charge in [0.2, 0.25) is 6.23 Å². The Morgan fingerprint density at radius 2 is 1.98 bits per heavy atom. The van der Waals surface area contributed by atoms with Crippen molar-refractivity contribution in [3.05, 3.63) is 59.3 Å². The maximum atomic E-state index is 13.8. The lowest BCUT2D eigenvalue weighted by Crippen LogP contribution is -2.56. The molecule has 5 rings (SSSR count). The van der Waals surface area contributed by atoms with Crippen molar-refractivity contribution >= 4 is 47.0 Å². The minimum Gasteiger partial charge on any atom is -0.439 e. The molecule has 19 heteroatoms. The van der Waals surface area contributed by atoms with E-state index in [1.54, 1.807) is 21.9 Å². The fourth-order valence-corrected chi connectivity index (χ4v) is 5.44. The van der Waals surface area contributed by atoms with E-state index in [1.165, 1.54) is 35.1 Å². The van der Waals surface area contributed by atoms with E-state index in [-0.39, 0.29) is 78.4 Å². The van der Waals surface area contributed by atoms with Gasteiger partial charge in [-0.25, -0.2) is 9.97 Å². The topological polar surface area (TPSA) is 189 Å². The average Bonchev–Trinajstić information content (AvgIpc) is 3.69. The van der Waals surface area contributed by atoms with Gasteiger partial charge in [0.05, 0.1) is 34.1 Å². The average molecular weight is 688 g/mol. The number of alkyl halides is 3. The zero-order valence-electron chi connectivity index (χ0n) is 25.2. The van der Waals surface area contributed by atoms with E-state index >= 15 is 0 Å². The van der Waals surface area contributed by atoms with Gasteiger partial charge in [0, 0.05) is 57.0 Å². The first-order valence-corrected chi connectivity index (χ1v) is 14.9. The second-order valence-electron chi connectivity index (χ2n) is 10.5. The van der Waals surface area contributed by atoms with Crippen LogP contribution in [0.25, 0.3) is 16.9 Å². The van der Waals surface area contributed by atoms with Gasteiger partial charge in [0.1, 0.15) is 6.54 Å². The summed E-state index contributed by atoms with van der Waals surface area (Å²) in [6.45, 7) is 1.58. The molecule has 15 nitrogen and oxygen atoms in total. The molecule has 1 unspecified atom stereocenters. The number of halogens is 4. The van der Waals surface area contributed by atoms with Crippen LogP contribution >= 0.6 is 11.6 Å². The summed E-state index contributed by atoms with van der Waals surface area (Å²) in [5, 5.41) is 18.3. The number of ether oxygens (including phenoxy) is 1. The smallest absolute Gasteiger partial charge is 0.435 e. The monoisotopic (exact) mass is 687 g/mol. The Labute approximate surface area is 276 Å². The van der Waals surface area contributed by atoms with Crippen LogP contribution in [0.4, 0.5) is 24.7 Å². The van der Waals surface area contributed by atoms with E-state index < -0.39 is 24.0 Å². The van der Waals surface area contributed by atoms with Gasteiger partial charge in [-0.1, -0.05) is 11.6 Å². The minimum atomic E-state index is -4.77. The summed E-state index contributed by atoms with van der Waals surface area (Å²) < 4.78 is 48.6. The number of hydrogen-bond acceptors (Lipinski definition) is 11. The normalized spacial score (nSPS) is 14.4. The molecule has 4 aromatic rings. The number of rotatable bonds is 12. The van der Waals surface area contributed by atoms with Gasteiger partial charge in [-0.3, -0.25) is 28.4 Å². The Kier molecular flexibility index (Phi) is 10.4. The Balaban J connectivity index is 1.29. The van der Waals surface area contributed by atoms with E-state index in [1.807, 2.05) is 0 Å². The van der Waals surface area contributed by atoms with E-state index in [4.69, 9.17) is 27.3 Å². The summed E-state index contributed by atoms with van der Waals surface area (Å²) in [6, 6.07) is 6.40. The van der Waals surface area contributed by atoms with Crippen LogP contribution in [-0.2, 0) is 27.0 Å². The molecule has 3 aromatic heterocycles. The second kappa shape index (κ2) is 14.7. The largest absolute Gasteiger partial charge is 0.439 e. The number of benzene rings is 1. The summed E-state index contributed by atoms with van der Waals surface area (Å²) >= 11 is 6.52. The predicted octanol–water partition coefficient (Wildman–Crippen LogP) is 2.25. The van der Waals surface area contributed by atoms with Crippen LogP contribution in [0.15, 0.2) is 43.0 Å². The summed E-state index contributed by atoms with van der Waals surface area (Å²) in [6.07, 6.45) is -0.132. The van der Waals surface area contributed by atoms with Gasteiger partial charge in [0.15, 0.2) is 17.2 Å². The highest BCUT2D eigenvalue weighted by atomic mass is 35.5. The Hall–Kier alpha value is -5.25. The lowest BCUT2D eigenvalue weighted by Gasteiger charge is -2.37. The molecular weight excluding hydrogens is 659 g/mol. The molecule has 1 aliphatic rings. The van der Waals surface area contributed by atoms with E-state index in [2.05, 4.69) is 25.7 Å². The summed E-state index contributed by atoms with van der Waals surface area (Å²) in [7, 11) is 0. The molecule has 1 saturated heterocycles. The van der Waals surface area contributed by atoms with Crippen LogP contribution in [0, 0.1) is 11.3 Å². The number of nitriles is 1. The number of aromatic nitrogens is 5. The third-order valence-corrected chi connectivity index (χ3v) is 7.76. The lowest BCUT2D eigenvalue weighted by atomic mass is 10.1. The molecular formula is C29H29ClF3N11O4. The molecule has 1 aliphatic heterocycles. The molecule has 2 amide bonds. The zero-order valence-corrected chi connectivity index (χ0v) is 25.9. The van der Waals surface area contributed by atoms with Crippen molar-refractivity contribution in [3.63, 3.8) is 0 Å². The van der Waals surface area contributed by atoms with Crippen LogP contribution in [0.1, 0.15) is 22.5 Å². The van der Waals surface area contributed by atoms with Gasteiger partial charge >= 0.3 is 6.18 Å². The molecule has 0 spiro atoms. The predicted molar refractivity (Wildman–Crippen MR) is 165 cm³/mol. The number of hydrogen-bond donors (Lipinski definition) is 3. The van der Waals surface area contributed by atoms with Crippen molar-refractivity contribution in [1.29, 1.82) is 5.26 Å². The molecule has 4 heterocycles. The molecule has 1 fully saturated rings.